The van der Waals surface area contributed by atoms with E-state index in [1.54, 1.807) is 14.1 Å². The van der Waals surface area contributed by atoms with E-state index in [2.05, 4.69) is 15.0 Å². The molecule has 1 aromatic heterocycles. The molecule has 1 rings (SSSR count). The smallest absolute Gasteiger partial charge is 0.282 e. The van der Waals surface area contributed by atoms with E-state index < -0.39 is 10.0 Å². The molecule has 0 fully saturated rings. The maximum atomic E-state index is 11.4. The third kappa shape index (κ3) is 2.59. The Morgan fingerprint density at radius 3 is 2.46 bits per heavy atom. The highest BCUT2D eigenvalue weighted by atomic mass is 32.2. The summed E-state index contributed by atoms with van der Waals surface area (Å²) >= 11 is 0.815. The van der Waals surface area contributed by atoms with Crippen molar-refractivity contribution in [1.82, 2.24) is 20.0 Å². The molecule has 0 spiro atoms. The Labute approximate surface area is 79.6 Å². The molecule has 0 bridgehead atoms. The highest BCUT2D eigenvalue weighted by Crippen LogP contribution is 2.16. The number of nitrogens with one attached hydrogen (secondary N) is 1. The summed E-state index contributed by atoms with van der Waals surface area (Å²) in [6, 6.07) is 0. The van der Waals surface area contributed by atoms with Crippen LogP contribution in [0, 0.1) is 0 Å². The highest BCUT2D eigenvalue weighted by Gasteiger charge is 2.19. The third-order valence-electron chi connectivity index (χ3n) is 0.955. The van der Waals surface area contributed by atoms with Crippen LogP contribution < -0.4 is 10.6 Å². The molecule has 0 aromatic carbocycles. The number of aromatic nitrogens is 2. The minimum absolute atomic E-state index is 0.124. The van der Waals surface area contributed by atoms with Crippen molar-refractivity contribution in [3.8, 4) is 0 Å². The van der Waals surface area contributed by atoms with Crippen molar-refractivity contribution in [2.45, 2.75) is 4.34 Å². The number of hydrazine groups is 1. The first-order valence-electron chi connectivity index (χ1n) is 3.20. The second-order valence-electron chi connectivity index (χ2n) is 2.40. The van der Waals surface area contributed by atoms with Gasteiger partial charge in [-0.1, -0.05) is 11.3 Å². The van der Waals surface area contributed by atoms with Gasteiger partial charge in [0.05, 0.1) is 0 Å². The fourth-order valence-electron chi connectivity index (χ4n) is 0.608. The lowest BCUT2D eigenvalue weighted by molar-refractivity contribution is 0.363. The number of nitrogen functional groups attached to an aromatic ring is 1. The molecular formula is C4H9N5O2S2. The van der Waals surface area contributed by atoms with Gasteiger partial charge in [-0.25, -0.2) is 13.4 Å². The second-order valence-corrected chi connectivity index (χ2v) is 5.24. The number of hydrogen-bond acceptors (Lipinski definition) is 7. The SMILES string of the molecule is CN(C)NS(=O)(=O)c1nnc(N)s1. The lowest BCUT2D eigenvalue weighted by Gasteiger charge is -2.09. The van der Waals surface area contributed by atoms with Crippen LogP contribution in [0.5, 0.6) is 0 Å². The van der Waals surface area contributed by atoms with Gasteiger partial charge in [0.25, 0.3) is 14.4 Å². The Bertz CT molecular complexity index is 383. The van der Waals surface area contributed by atoms with Gasteiger partial charge in [-0.15, -0.1) is 15.0 Å². The molecule has 0 aliphatic heterocycles. The van der Waals surface area contributed by atoms with Crippen LogP contribution in [0.2, 0.25) is 0 Å². The largest absolute Gasteiger partial charge is 0.374 e. The molecule has 74 valence electrons. The monoisotopic (exact) mass is 223 g/mol. The highest BCUT2D eigenvalue weighted by molar-refractivity contribution is 7.91. The molecule has 0 atom stereocenters. The zero-order chi connectivity index (χ0) is 10.1. The third-order valence-corrected chi connectivity index (χ3v) is 3.56. The van der Waals surface area contributed by atoms with Gasteiger partial charge in [0.2, 0.25) is 5.13 Å². The molecular weight excluding hydrogens is 214 g/mol. The Morgan fingerprint density at radius 1 is 1.46 bits per heavy atom. The normalized spacial score (nSPS) is 12.2. The van der Waals surface area contributed by atoms with E-state index in [0.29, 0.717) is 0 Å². The van der Waals surface area contributed by atoms with E-state index in [-0.39, 0.29) is 9.47 Å². The Hall–Kier alpha value is -0.770. The predicted octanol–water partition coefficient (Wildman–Crippen LogP) is -1.12. The standard InChI is InChI=1S/C4H9N5O2S2/c1-9(2)8-13(10,11)4-7-6-3(5)12-4/h8H,1-2H3,(H2,5,6). The van der Waals surface area contributed by atoms with Crippen molar-refractivity contribution >= 4 is 26.5 Å². The van der Waals surface area contributed by atoms with Crippen LogP contribution in [0.15, 0.2) is 4.34 Å². The first kappa shape index (κ1) is 10.3. The van der Waals surface area contributed by atoms with Crippen molar-refractivity contribution < 1.29 is 8.42 Å². The van der Waals surface area contributed by atoms with Gasteiger partial charge in [-0.05, 0) is 0 Å². The molecule has 1 aromatic rings. The van der Waals surface area contributed by atoms with Crippen LogP contribution in [-0.4, -0.2) is 37.7 Å². The number of hydrogen-bond donors (Lipinski definition) is 2. The summed E-state index contributed by atoms with van der Waals surface area (Å²) < 4.78 is 22.6. The van der Waals surface area contributed by atoms with E-state index in [9.17, 15) is 8.42 Å². The van der Waals surface area contributed by atoms with Crippen molar-refractivity contribution in [2.75, 3.05) is 19.8 Å². The average Bonchev–Trinajstić information content (AvgIpc) is 2.32. The number of nitrogens with two attached hydrogens (primary N) is 1. The van der Waals surface area contributed by atoms with Crippen molar-refractivity contribution in [1.29, 1.82) is 0 Å². The topological polar surface area (TPSA) is 101 Å². The molecule has 3 N–H and O–H groups in total. The fraction of sp³-hybridized carbons (Fsp3) is 0.500. The number of rotatable bonds is 3. The summed E-state index contributed by atoms with van der Waals surface area (Å²) in [5.41, 5.74) is 5.25. The molecule has 1 heterocycles. The predicted molar refractivity (Wildman–Crippen MR) is 48.3 cm³/mol. The lowest BCUT2D eigenvalue weighted by Crippen LogP contribution is -2.36. The van der Waals surface area contributed by atoms with E-state index in [0.717, 1.165) is 11.3 Å². The zero-order valence-electron chi connectivity index (χ0n) is 7.05. The molecule has 0 aliphatic rings. The number of sulfonamides is 1. The quantitative estimate of drug-likeness (QED) is 0.629. The summed E-state index contributed by atoms with van der Waals surface area (Å²) in [4.78, 5) is 2.21. The van der Waals surface area contributed by atoms with Crippen LogP contribution in [-0.2, 0) is 10.0 Å². The van der Waals surface area contributed by atoms with E-state index in [4.69, 9.17) is 5.73 Å². The summed E-state index contributed by atoms with van der Waals surface area (Å²) in [5, 5.41) is 8.23. The van der Waals surface area contributed by atoms with Gasteiger partial charge in [-0.2, -0.15) is 0 Å². The molecule has 0 saturated carbocycles. The van der Waals surface area contributed by atoms with E-state index in [1.165, 1.54) is 5.01 Å². The van der Waals surface area contributed by atoms with Gasteiger partial charge < -0.3 is 5.73 Å². The molecule has 0 saturated heterocycles. The Balaban J connectivity index is 2.95. The van der Waals surface area contributed by atoms with Crippen molar-refractivity contribution in [2.24, 2.45) is 0 Å². The van der Waals surface area contributed by atoms with Crippen LogP contribution >= 0.6 is 11.3 Å². The van der Waals surface area contributed by atoms with Gasteiger partial charge in [0.1, 0.15) is 0 Å². The van der Waals surface area contributed by atoms with Gasteiger partial charge in [-0.3, -0.25) is 0 Å². The fourth-order valence-corrected chi connectivity index (χ4v) is 2.46. The molecule has 7 nitrogen and oxygen atoms in total. The summed E-state index contributed by atoms with van der Waals surface area (Å²) in [6.45, 7) is 0. The van der Waals surface area contributed by atoms with Crippen LogP contribution in [0.25, 0.3) is 0 Å². The van der Waals surface area contributed by atoms with Crippen molar-refractivity contribution in [3.05, 3.63) is 0 Å². The summed E-state index contributed by atoms with van der Waals surface area (Å²) in [6.07, 6.45) is 0. The summed E-state index contributed by atoms with van der Waals surface area (Å²) in [7, 11) is -0.483. The number of anilines is 1. The second kappa shape index (κ2) is 3.54. The van der Waals surface area contributed by atoms with E-state index in [1.807, 2.05) is 0 Å². The van der Waals surface area contributed by atoms with Gasteiger partial charge in [0.15, 0.2) is 0 Å². The zero-order valence-corrected chi connectivity index (χ0v) is 8.68. The summed E-state index contributed by atoms with van der Waals surface area (Å²) in [5.74, 6) is 0. The maximum absolute atomic E-state index is 11.4. The molecule has 9 heteroatoms. The van der Waals surface area contributed by atoms with Gasteiger partial charge in [0, 0.05) is 14.1 Å². The molecule has 0 amide bonds. The van der Waals surface area contributed by atoms with Crippen molar-refractivity contribution in [3.63, 3.8) is 0 Å². The van der Waals surface area contributed by atoms with Crippen LogP contribution in [0.4, 0.5) is 5.13 Å². The lowest BCUT2D eigenvalue weighted by atomic mass is 11.2. The number of nitrogens with zero attached hydrogens (tertiary/aromatic N) is 3. The molecule has 0 radical (unpaired) electrons. The Morgan fingerprint density at radius 2 is 2.08 bits per heavy atom. The van der Waals surface area contributed by atoms with Crippen LogP contribution in [0.1, 0.15) is 0 Å². The first-order chi connectivity index (χ1) is 5.92. The first-order valence-corrected chi connectivity index (χ1v) is 5.50. The molecule has 0 unspecified atom stereocenters. The maximum Gasteiger partial charge on any atom is 0.282 e. The van der Waals surface area contributed by atoms with Gasteiger partial charge >= 0.3 is 0 Å². The molecule has 0 aliphatic carbocycles. The van der Waals surface area contributed by atoms with Crippen LogP contribution in [0.3, 0.4) is 0 Å². The Kier molecular flexibility index (Phi) is 2.81. The minimum Gasteiger partial charge on any atom is -0.374 e. The van der Waals surface area contributed by atoms with E-state index >= 15 is 0 Å². The molecule has 13 heavy (non-hydrogen) atoms. The minimum atomic E-state index is -3.60. The average molecular weight is 223 g/mol.